The summed E-state index contributed by atoms with van der Waals surface area (Å²) < 4.78 is 42.6. The lowest BCUT2D eigenvalue weighted by Gasteiger charge is -2.35. The Balaban J connectivity index is 1.61. The molecule has 0 bridgehead atoms. The molecule has 4 aromatic rings. The lowest BCUT2D eigenvalue weighted by atomic mass is 10.0. The van der Waals surface area contributed by atoms with Gasteiger partial charge in [0.2, 0.25) is 0 Å². The van der Waals surface area contributed by atoms with Crippen molar-refractivity contribution in [2.75, 3.05) is 4.90 Å². The summed E-state index contributed by atoms with van der Waals surface area (Å²) in [7, 11) is 0. The fourth-order valence-corrected chi connectivity index (χ4v) is 5.45. The number of carbonyl (C=O) groups is 4. The van der Waals surface area contributed by atoms with Gasteiger partial charge < -0.3 is 21.1 Å². The Morgan fingerprint density at radius 3 is 2.16 bits per heavy atom. The van der Waals surface area contributed by atoms with Gasteiger partial charge in [-0.25, -0.2) is 9.79 Å². The Morgan fingerprint density at radius 1 is 0.880 bits per heavy atom. The molecule has 10 nitrogen and oxygen atoms in total. The molecule has 0 saturated carbocycles. The molecule has 0 fully saturated rings. The van der Waals surface area contributed by atoms with Gasteiger partial charge in [-0.15, -0.1) is 0 Å². The van der Waals surface area contributed by atoms with Crippen molar-refractivity contribution in [3.8, 4) is 11.8 Å². The first-order chi connectivity index (χ1) is 23.8. The molecule has 2 atom stereocenters. The summed E-state index contributed by atoms with van der Waals surface area (Å²) in [6.07, 6.45) is -6.22. The maximum atomic E-state index is 14.6. The van der Waals surface area contributed by atoms with Crippen molar-refractivity contribution in [1.29, 1.82) is 0 Å². The predicted octanol–water partition coefficient (Wildman–Crippen LogP) is 5.13. The maximum Gasteiger partial charge on any atom is 0.491 e. The van der Waals surface area contributed by atoms with Gasteiger partial charge >= 0.3 is 18.1 Å². The minimum Gasteiger partial charge on any atom is -0.386 e. The standard InChI is InChI=1S/C37H30F3N5O5/c1-23(19-31(46)50-35(49)37(38,39)40)44-32(27-11-4-2-5-12-27)34(48)45(28-13-6-3-7-14-28)30-18-17-25(21-29(30)33(44)47)16-15-24-9-8-10-26(20-24)22-43-36(41)42/h2-14,17-18,20-21,23,32H,19,22H2,1H3,(H4,41,42,43). The summed E-state index contributed by atoms with van der Waals surface area (Å²) in [5.41, 5.74) is 13.8. The molecule has 4 aromatic carbocycles. The van der Waals surface area contributed by atoms with E-state index in [1.807, 2.05) is 6.07 Å². The number of nitrogens with two attached hydrogens (primary N) is 2. The van der Waals surface area contributed by atoms with Gasteiger partial charge in [0, 0.05) is 22.9 Å². The van der Waals surface area contributed by atoms with Crippen LogP contribution in [0.4, 0.5) is 24.5 Å². The summed E-state index contributed by atoms with van der Waals surface area (Å²) in [5.74, 6) is 0.564. The van der Waals surface area contributed by atoms with Crippen molar-refractivity contribution in [2.24, 2.45) is 16.5 Å². The van der Waals surface area contributed by atoms with Crippen molar-refractivity contribution in [2.45, 2.75) is 38.1 Å². The molecule has 254 valence electrons. The van der Waals surface area contributed by atoms with Crippen molar-refractivity contribution >= 4 is 41.1 Å². The molecular formula is C37H30F3N5O5. The number of anilines is 2. The number of esters is 2. The van der Waals surface area contributed by atoms with Crippen LogP contribution < -0.4 is 16.4 Å². The molecule has 1 aliphatic rings. The monoisotopic (exact) mass is 681 g/mol. The zero-order valence-electron chi connectivity index (χ0n) is 26.6. The van der Waals surface area contributed by atoms with Crippen LogP contribution in [-0.2, 0) is 25.7 Å². The van der Waals surface area contributed by atoms with E-state index in [-0.39, 0.29) is 23.8 Å². The maximum absolute atomic E-state index is 14.6. The SMILES string of the molecule is CC(CC(=O)OC(=O)C(F)(F)F)N1C(=O)c2cc(C#Cc3cccc(CN=C(N)N)c3)ccc2N(c2ccccc2)C(=O)C1c1ccccc1. The number of guanidine groups is 1. The Hall–Kier alpha value is -6.42. The molecule has 4 N–H and O–H groups in total. The molecule has 13 heteroatoms. The summed E-state index contributed by atoms with van der Waals surface area (Å²) in [6, 6.07) is 26.3. The second-order valence-corrected chi connectivity index (χ2v) is 11.3. The van der Waals surface area contributed by atoms with E-state index in [0.29, 0.717) is 22.4 Å². The molecule has 1 aliphatic heterocycles. The fraction of sp³-hybridized carbons (Fsp3) is 0.162. The van der Waals surface area contributed by atoms with Crippen LogP contribution in [0.3, 0.4) is 0 Å². The number of alkyl halides is 3. The first-order valence-corrected chi connectivity index (χ1v) is 15.2. The third-order valence-corrected chi connectivity index (χ3v) is 7.66. The average molecular weight is 682 g/mol. The van der Waals surface area contributed by atoms with Gasteiger partial charge in [0.1, 0.15) is 6.04 Å². The number of hydrogen-bond acceptors (Lipinski definition) is 6. The molecule has 5 rings (SSSR count). The number of fused-ring (bicyclic) bond motifs is 1. The van der Waals surface area contributed by atoms with Crippen LogP contribution in [0.2, 0.25) is 0 Å². The van der Waals surface area contributed by atoms with E-state index in [1.165, 1.54) is 17.9 Å². The number of amides is 2. The topological polar surface area (TPSA) is 148 Å². The highest BCUT2D eigenvalue weighted by atomic mass is 19.4. The predicted molar refractivity (Wildman–Crippen MR) is 179 cm³/mol. The van der Waals surface area contributed by atoms with Gasteiger partial charge in [0.25, 0.3) is 11.8 Å². The number of halogens is 3. The molecule has 0 radical (unpaired) electrons. The highest BCUT2D eigenvalue weighted by molar-refractivity contribution is 6.14. The summed E-state index contributed by atoms with van der Waals surface area (Å²) >= 11 is 0. The van der Waals surface area contributed by atoms with Gasteiger partial charge in [0.15, 0.2) is 5.96 Å². The molecular weight excluding hydrogens is 651 g/mol. The van der Waals surface area contributed by atoms with Gasteiger partial charge in [-0.2, -0.15) is 13.2 Å². The zero-order chi connectivity index (χ0) is 36.0. The van der Waals surface area contributed by atoms with Crippen molar-refractivity contribution in [3.63, 3.8) is 0 Å². The first-order valence-electron chi connectivity index (χ1n) is 15.2. The highest BCUT2D eigenvalue weighted by Crippen LogP contribution is 2.40. The van der Waals surface area contributed by atoms with Crippen LogP contribution in [0.15, 0.2) is 108 Å². The molecule has 2 unspecified atom stereocenters. The van der Waals surface area contributed by atoms with E-state index in [2.05, 4.69) is 21.6 Å². The average Bonchev–Trinajstić information content (AvgIpc) is 3.18. The molecule has 0 spiro atoms. The van der Waals surface area contributed by atoms with Gasteiger partial charge in [-0.3, -0.25) is 19.3 Å². The normalized spacial score (nSPS) is 14.8. The van der Waals surface area contributed by atoms with Crippen LogP contribution in [-0.4, -0.2) is 46.8 Å². The third-order valence-electron chi connectivity index (χ3n) is 7.66. The van der Waals surface area contributed by atoms with Crippen LogP contribution in [0.1, 0.15) is 52.0 Å². The minimum absolute atomic E-state index is 0.0422. The second kappa shape index (κ2) is 14.8. The van der Waals surface area contributed by atoms with E-state index in [9.17, 15) is 32.3 Å². The van der Waals surface area contributed by atoms with Crippen molar-refractivity contribution in [3.05, 3.63) is 131 Å². The first kappa shape index (κ1) is 34.9. The lowest BCUT2D eigenvalue weighted by Crippen LogP contribution is -2.46. The number of hydrogen-bond donors (Lipinski definition) is 2. The highest BCUT2D eigenvalue weighted by Gasteiger charge is 2.45. The molecule has 0 aliphatic carbocycles. The van der Waals surface area contributed by atoms with Crippen LogP contribution in [0.5, 0.6) is 0 Å². The van der Waals surface area contributed by atoms with Gasteiger partial charge in [-0.1, -0.05) is 72.5 Å². The fourth-order valence-electron chi connectivity index (χ4n) is 5.45. The third kappa shape index (κ3) is 7.99. The largest absolute Gasteiger partial charge is 0.491 e. The second-order valence-electron chi connectivity index (χ2n) is 11.3. The molecule has 1 heterocycles. The van der Waals surface area contributed by atoms with E-state index in [4.69, 9.17) is 11.5 Å². The van der Waals surface area contributed by atoms with E-state index >= 15 is 0 Å². The summed E-state index contributed by atoms with van der Waals surface area (Å²) in [5, 5.41) is 0. The van der Waals surface area contributed by atoms with E-state index < -0.39 is 48.4 Å². The lowest BCUT2D eigenvalue weighted by molar-refractivity contribution is -0.202. The van der Waals surface area contributed by atoms with Crippen LogP contribution >= 0.6 is 0 Å². The quantitative estimate of drug-likeness (QED) is 0.0903. The number of aliphatic imine (C=N–C) groups is 1. The zero-order valence-corrected chi connectivity index (χ0v) is 26.6. The van der Waals surface area contributed by atoms with Crippen molar-refractivity contribution < 1.29 is 37.1 Å². The number of carbonyl (C=O) groups excluding carboxylic acids is 4. The van der Waals surface area contributed by atoms with Gasteiger partial charge in [-0.05, 0) is 60.5 Å². The number of para-hydroxylation sites is 1. The molecule has 0 aromatic heterocycles. The summed E-state index contributed by atoms with van der Waals surface area (Å²) in [6.45, 7) is 1.64. The minimum atomic E-state index is -5.40. The van der Waals surface area contributed by atoms with Gasteiger partial charge in [0.05, 0.1) is 24.2 Å². The van der Waals surface area contributed by atoms with Crippen molar-refractivity contribution in [1.82, 2.24) is 4.90 Å². The number of nitrogens with zero attached hydrogens (tertiary/aromatic N) is 3. The Kier molecular flexibility index (Phi) is 10.3. The number of rotatable bonds is 7. The summed E-state index contributed by atoms with van der Waals surface area (Å²) in [4.78, 5) is 59.7. The van der Waals surface area contributed by atoms with E-state index in [0.717, 1.165) is 10.5 Å². The number of ether oxygens (including phenoxy) is 1. The molecule has 2 amide bonds. The van der Waals surface area contributed by atoms with Crippen LogP contribution in [0.25, 0.3) is 0 Å². The smallest absolute Gasteiger partial charge is 0.386 e. The van der Waals surface area contributed by atoms with E-state index in [1.54, 1.807) is 91.0 Å². The number of benzene rings is 4. The molecule has 50 heavy (non-hydrogen) atoms. The van der Waals surface area contributed by atoms with Crippen LogP contribution in [0, 0.1) is 11.8 Å². The Bertz CT molecular complexity index is 2020. The molecule has 0 saturated heterocycles. The Labute approximate surface area is 285 Å². The Morgan fingerprint density at radius 2 is 1.52 bits per heavy atom.